The van der Waals surface area contributed by atoms with Crippen LogP contribution in [-0.4, -0.2) is 22.2 Å². The van der Waals surface area contributed by atoms with Gasteiger partial charge in [-0.3, -0.25) is 4.79 Å². The molecule has 122 valence electrons. The number of benzene rings is 2. The Hall–Kier alpha value is -2.54. The lowest BCUT2D eigenvalue weighted by molar-refractivity contribution is 0.0848. The fourth-order valence-electron chi connectivity index (χ4n) is 2.04. The summed E-state index contributed by atoms with van der Waals surface area (Å²) in [6.07, 6.45) is -1.32. The highest BCUT2D eigenvalue weighted by Gasteiger charge is 2.22. The van der Waals surface area contributed by atoms with Gasteiger partial charge in [-0.25, -0.2) is 13.2 Å². The molecule has 2 atom stereocenters. The van der Waals surface area contributed by atoms with Gasteiger partial charge in [-0.2, -0.15) is 0 Å². The first-order chi connectivity index (χ1) is 10.8. The molecule has 0 aliphatic rings. The molecule has 0 fully saturated rings. The zero-order valence-corrected chi connectivity index (χ0v) is 12.1. The molecule has 0 aliphatic heterocycles. The normalized spacial score (nSPS) is 13.4. The van der Waals surface area contributed by atoms with Gasteiger partial charge < -0.3 is 15.5 Å². The number of amides is 1. The summed E-state index contributed by atoms with van der Waals surface area (Å²) in [5.74, 6) is -4.11. The minimum Gasteiger partial charge on any atom is -0.507 e. The molecule has 7 heteroatoms. The van der Waals surface area contributed by atoms with Crippen molar-refractivity contribution in [3.05, 3.63) is 65.0 Å². The highest BCUT2D eigenvalue weighted by Crippen LogP contribution is 2.21. The number of aliphatic hydroxyl groups excluding tert-OH is 1. The maximum Gasteiger partial charge on any atom is 0.255 e. The van der Waals surface area contributed by atoms with Crippen molar-refractivity contribution in [2.75, 3.05) is 0 Å². The van der Waals surface area contributed by atoms with Crippen LogP contribution in [0.3, 0.4) is 0 Å². The van der Waals surface area contributed by atoms with Gasteiger partial charge in [0.25, 0.3) is 5.91 Å². The molecule has 0 heterocycles. The van der Waals surface area contributed by atoms with E-state index in [2.05, 4.69) is 5.32 Å². The van der Waals surface area contributed by atoms with Crippen molar-refractivity contribution in [1.82, 2.24) is 5.32 Å². The number of carbonyl (C=O) groups excluding carboxylic acids is 1. The van der Waals surface area contributed by atoms with Gasteiger partial charge in [0.05, 0.1) is 17.7 Å². The maximum atomic E-state index is 13.2. The van der Waals surface area contributed by atoms with Crippen LogP contribution in [0.2, 0.25) is 0 Å². The second kappa shape index (κ2) is 6.70. The Morgan fingerprint density at radius 1 is 1.09 bits per heavy atom. The van der Waals surface area contributed by atoms with Crippen LogP contribution in [-0.2, 0) is 0 Å². The lowest BCUT2D eigenvalue weighted by Gasteiger charge is -2.21. The zero-order chi connectivity index (χ0) is 17.1. The number of carbonyl (C=O) groups is 1. The van der Waals surface area contributed by atoms with E-state index >= 15 is 0 Å². The van der Waals surface area contributed by atoms with Gasteiger partial charge >= 0.3 is 0 Å². The summed E-state index contributed by atoms with van der Waals surface area (Å²) in [5, 5.41) is 22.0. The average Bonchev–Trinajstić information content (AvgIpc) is 2.51. The van der Waals surface area contributed by atoms with Crippen LogP contribution < -0.4 is 5.32 Å². The second-order valence-corrected chi connectivity index (χ2v) is 5.04. The number of nitrogens with one attached hydrogen (secondary N) is 1. The SMILES string of the molecule is CC(NC(=O)c1cc(F)ccc1O)C(O)c1ccc(F)c(F)c1. The first-order valence-electron chi connectivity index (χ1n) is 6.72. The van der Waals surface area contributed by atoms with Crippen molar-refractivity contribution < 1.29 is 28.2 Å². The first-order valence-corrected chi connectivity index (χ1v) is 6.72. The van der Waals surface area contributed by atoms with Gasteiger partial charge in [0.2, 0.25) is 0 Å². The Labute approximate surface area is 130 Å². The molecule has 2 unspecified atom stereocenters. The monoisotopic (exact) mass is 325 g/mol. The van der Waals surface area contributed by atoms with Crippen LogP contribution in [0.1, 0.15) is 28.9 Å². The molecule has 2 aromatic rings. The Balaban J connectivity index is 2.14. The smallest absolute Gasteiger partial charge is 0.255 e. The van der Waals surface area contributed by atoms with Crippen LogP contribution in [0.15, 0.2) is 36.4 Å². The maximum absolute atomic E-state index is 13.2. The quantitative estimate of drug-likeness (QED) is 0.809. The number of phenolic OH excluding ortho intramolecular Hbond substituents is 1. The minimum atomic E-state index is -1.32. The van der Waals surface area contributed by atoms with E-state index in [-0.39, 0.29) is 11.1 Å². The van der Waals surface area contributed by atoms with Crippen molar-refractivity contribution in [2.45, 2.75) is 19.1 Å². The lowest BCUT2D eigenvalue weighted by atomic mass is 10.0. The molecule has 0 aliphatic carbocycles. The number of rotatable bonds is 4. The highest BCUT2D eigenvalue weighted by atomic mass is 19.2. The molecule has 0 radical (unpaired) electrons. The summed E-state index contributed by atoms with van der Waals surface area (Å²) in [6, 6.07) is 4.84. The standard InChI is InChI=1S/C16H14F3NO3/c1-8(15(22)9-2-4-12(18)13(19)6-9)20-16(23)11-7-10(17)3-5-14(11)21/h2-8,15,21-22H,1H3,(H,20,23). The summed E-state index contributed by atoms with van der Waals surface area (Å²) in [5.41, 5.74) is -0.227. The zero-order valence-electron chi connectivity index (χ0n) is 12.1. The molecule has 23 heavy (non-hydrogen) atoms. The van der Waals surface area contributed by atoms with Gasteiger partial charge in [0.15, 0.2) is 11.6 Å². The van der Waals surface area contributed by atoms with Crippen molar-refractivity contribution >= 4 is 5.91 Å². The number of aliphatic hydroxyl groups is 1. The third-order valence-corrected chi connectivity index (χ3v) is 3.32. The van der Waals surface area contributed by atoms with Crippen LogP contribution in [0.25, 0.3) is 0 Å². The molecule has 4 nitrogen and oxygen atoms in total. The topological polar surface area (TPSA) is 69.6 Å². The van der Waals surface area contributed by atoms with Gasteiger partial charge in [-0.15, -0.1) is 0 Å². The van der Waals surface area contributed by atoms with E-state index in [0.29, 0.717) is 0 Å². The number of phenols is 1. The number of hydrogen-bond acceptors (Lipinski definition) is 3. The predicted octanol–water partition coefficient (Wildman–Crippen LogP) is 2.66. The molecule has 0 aromatic heterocycles. The van der Waals surface area contributed by atoms with Gasteiger partial charge in [-0.1, -0.05) is 6.07 Å². The Morgan fingerprint density at radius 3 is 2.43 bits per heavy atom. The van der Waals surface area contributed by atoms with E-state index in [1.165, 1.54) is 13.0 Å². The minimum absolute atomic E-state index is 0.0696. The second-order valence-electron chi connectivity index (χ2n) is 5.04. The average molecular weight is 325 g/mol. The molecule has 1 amide bonds. The summed E-state index contributed by atoms with van der Waals surface area (Å²) >= 11 is 0. The lowest BCUT2D eigenvalue weighted by Crippen LogP contribution is -2.37. The fourth-order valence-corrected chi connectivity index (χ4v) is 2.04. The molecule has 2 rings (SSSR count). The van der Waals surface area contributed by atoms with Gasteiger partial charge in [0, 0.05) is 0 Å². The largest absolute Gasteiger partial charge is 0.507 e. The van der Waals surface area contributed by atoms with Crippen LogP contribution >= 0.6 is 0 Å². The Bertz CT molecular complexity index is 737. The van der Waals surface area contributed by atoms with Crippen LogP contribution in [0.4, 0.5) is 13.2 Å². The van der Waals surface area contributed by atoms with Crippen molar-refractivity contribution in [3.8, 4) is 5.75 Å². The molecular formula is C16H14F3NO3. The Kier molecular flexibility index (Phi) is 4.90. The number of hydrogen-bond donors (Lipinski definition) is 3. The summed E-state index contributed by atoms with van der Waals surface area (Å²) < 4.78 is 39.2. The van der Waals surface area contributed by atoms with E-state index in [9.17, 15) is 28.2 Å². The molecule has 0 bridgehead atoms. The predicted molar refractivity (Wildman–Crippen MR) is 76.3 cm³/mol. The molecule has 0 saturated heterocycles. The van der Waals surface area contributed by atoms with Crippen molar-refractivity contribution in [2.24, 2.45) is 0 Å². The Morgan fingerprint density at radius 2 is 1.78 bits per heavy atom. The van der Waals surface area contributed by atoms with E-state index in [1.807, 2.05) is 0 Å². The van der Waals surface area contributed by atoms with Gasteiger partial charge in [-0.05, 0) is 42.8 Å². The molecule has 2 aromatic carbocycles. The summed E-state index contributed by atoms with van der Waals surface area (Å²) in [6.45, 7) is 1.43. The van der Waals surface area contributed by atoms with E-state index in [0.717, 1.165) is 30.3 Å². The molecule has 0 spiro atoms. The third kappa shape index (κ3) is 3.81. The highest BCUT2D eigenvalue weighted by molar-refractivity contribution is 5.97. The molecule has 0 saturated carbocycles. The van der Waals surface area contributed by atoms with Crippen molar-refractivity contribution in [1.29, 1.82) is 0 Å². The third-order valence-electron chi connectivity index (χ3n) is 3.32. The van der Waals surface area contributed by atoms with Crippen LogP contribution in [0, 0.1) is 17.5 Å². The van der Waals surface area contributed by atoms with E-state index in [1.54, 1.807) is 0 Å². The first kappa shape index (κ1) is 16.8. The molecular weight excluding hydrogens is 311 g/mol. The summed E-state index contributed by atoms with van der Waals surface area (Å²) in [7, 11) is 0. The van der Waals surface area contributed by atoms with E-state index in [4.69, 9.17) is 0 Å². The van der Waals surface area contributed by atoms with Crippen molar-refractivity contribution in [3.63, 3.8) is 0 Å². The fraction of sp³-hybridized carbons (Fsp3) is 0.188. The van der Waals surface area contributed by atoms with Crippen LogP contribution in [0.5, 0.6) is 5.75 Å². The molecule has 3 N–H and O–H groups in total. The van der Waals surface area contributed by atoms with Gasteiger partial charge in [0.1, 0.15) is 11.6 Å². The van der Waals surface area contributed by atoms with E-state index < -0.39 is 41.3 Å². The number of aromatic hydroxyl groups is 1. The number of halogens is 3. The summed E-state index contributed by atoms with van der Waals surface area (Å²) in [4.78, 5) is 12.0.